The third kappa shape index (κ3) is 2.11. The maximum atomic E-state index is 10.9. The first-order chi connectivity index (χ1) is 5.82. The molecule has 1 rings (SSSR count). The molecule has 0 saturated heterocycles. The molecule has 0 spiro atoms. The van der Waals surface area contributed by atoms with Crippen LogP contribution in [0.25, 0.3) is 0 Å². The Balaban J connectivity index is 3.56. The fraction of sp³-hybridized carbons (Fsp3) is 0. The van der Waals surface area contributed by atoms with Gasteiger partial charge in [0.1, 0.15) is 4.90 Å². The summed E-state index contributed by atoms with van der Waals surface area (Å²) in [5, 5.41) is 14.1. The third-order valence-corrected chi connectivity index (χ3v) is 2.76. The van der Waals surface area contributed by atoms with Crippen LogP contribution >= 0.6 is 15.9 Å². The average Bonchev–Trinajstić information content (AvgIpc) is 1.94. The van der Waals surface area contributed by atoms with Crippen LogP contribution in [0, 0.1) is 0 Å². The van der Waals surface area contributed by atoms with Gasteiger partial charge in [-0.15, -0.1) is 0 Å². The van der Waals surface area contributed by atoms with Gasteiger partial charge in [-0.05, 0) is 12.1 Å². The molecule has 5 nitrogen and oxygen atoms in total. The van der Waals surface area contributed by atoms with Crippen LogP contribution in [0.1, 0.15) is 0 Å². The summed E-state index contributed by atoms with van der Waals surface area (Å²) in [4.78, 5) is -0.389. The number of hydrogen-bond donors (Lipinski definition) is 3. The van der Waals surface area contributed by atoms with Gasteiger partial charge in [0.05, 0.1) is 5.69 Å². The molecule has 0 heterocycles. The van der Waals surface area contributed by atoms with Gasteiger partial charge >= 0.3 is 0 Å². The second-order valence-corrected chi connectivity index (χ2v) is 4.83. The van der Waals surface area contributed by atoms with Crippen LogP contribution in [0.2, 0.25) is 0 Å². The van der Waals surface area contributed by atoms with E-state index in [1.807, 2.05) is 0 Å². The normalized spacial score (nSPS) is 11.5. The van der Waals surface area contributed by atoms with Crippen molar-refractivity contribution in [3.8, 4) is 5.75 Å². The summed E-state index contributed by atoms with van der Waals surface area (Å²) in [5.74, 6) is -0.522. The highest BCUT2D eigenvalue weighted by molar-refractivity contribution is 9.10. The van der Waals surface area contributed by atoms with Crippen molar-refractivity contribution in [2.45, 2.75) is 4.90 Å². The first kappa shape index (κ1) is 10.3. The smallest absolute Gasteiger partial charge is 0.241 e. The molecule has 0 atom stereocenters. The van der Waals surface area contributed by atoms with Crippen molar-refractivity contribution in [3.05, 3.63) is 16.6 Å². The molecule has 0 saturated carbocycles. The minimum atomic E-state index is -3.94. The zero-order valence-electron chi connectivity index (χ0n) is 6.36. The first-order valence-electron chi connectivity index (χ1n) is 3.13. The molecule has 72 valence electrons. The quantitative estimate of drug-likeness (QED) is 0.505. The Bertz CT molecular complexity index is 443. The molecular weight excluding hydrogens is 260 g/mol. The van der Waals surface area contributed by atoms with Crippen molar-refractivity contribution >= 4 is 31.6 Å². The lowest BCUT2D eigenvalue weighted by Crippen LogP contribution is -2.12. The van der Waals surface area contributed by atoms with E-state index < -0.39 is 15.8 Å². The lowest BCUT2D eigenvalue weighted by Gasteiger charge is -2.05. The maximum Gasteiger partial charge on any atom is 0.241 e. The Kier molecular flexibility index (Phi) is 2.51. The van der Waals surface area contributed by atoms with Gasteiger partial charge in [0, 0.05) is 4.47 Å². The van der Waals surface area contributed by atoms with E-state index in [0.717, 1.165) is 0 Å². The van der Waals surface area contributed by atoms with Gasteiger partial charge < -0.3 is 10.8 Å². The summed E-state index contributed by atoms with van der Waals surface area (Å²) < 4.78 is 22.2. The molecule has 0 radical (unpaired) electrons. The monoisotopic (exact) mass is 266 g/mol. The highest BCUT2D eigenvalue weighted by Crippen LogP contribution is 2.31. The summed E-state index contributed by atoms with van der Waals surface area (Å²) in [6.07, 6.45) is 0. The van der Waals surface area contributed by atoms with Crippen molar-refractivity contribution in [1.82, 2.24) is 0 Å². The molecule has 1 aromatic rings. The fourth-order valence-electron chi connectivity index (χ4n) is 0.811. The van der Waals surface area contributed by atoms with E-state index in [0.29, 0.717) is 4.47 Å². The van der Waals surface area contributed by atoms with Crippen molar-refractivity contribution in [3.63, 3.8) is 0 Å². The molecule has 0 aliphatic carbocycles. The number of rotatable bonds is 1. The zero-order chi connectivity index (χ0) is 10.2. The van der Waals surface area contributed by atoms with E-state index >= 15 is 0 Å². The molecule has 5 N–H and O–H groups in total. The van der Waals surface area contributed by atoms with Gasteiger partial charge in [0.2, 0.25) is 10.0 Å². The largest absolute Gasteiger partial charge is 0.504 e. The summed E-state index contributed by atoms with van der Waals surface area (Å²) in [6, 6.07) is 2.56. The van der Waals surface area contributed by atoms with Crippen molar-refractivity contribution in [2.24, 2.45) is 5.14 Å². The van der Waals surface area contributed by atoms with Crippen molar-refractivity contribution in [2.75, 3.05) is 5.73 Å². The van der Waals surface area contributed by atoms with E-state index in [9.17, 15) is 13.5 Å². The number of nitrogen functional groups attached to an aromatic ring is 1. The van der Waals surface area contributed by atoms with Gasteiger partial charge in [-0.3, -0.25) is 0 Å². The molecule has 13 heavy (non-hydrogen) atoms. The van der Waals surface area contributed by atoms with Crippen LogP contribution in [-0.2, 0) is 10.0 Å². The van der Waals surface area contributed by atoms with Crippen LogP contribution in [0.3, 0.4) is 0 Å². The van der Waals surface area contributed by atoms with Gasteiger partial charge in [-0.25, -0.2) is 13.6 Å². The Morgan fingerprint density at radius 2 is 1.92 bits per heavy atom. The first-order valence-corrected chi connectivity index (χ1v) is 5.47. The molecule has 0 fully saturated rings. The minimum absolute atomic E-state index is 0.0431. The molecule has 0 aliphatic heterocycles. The number of halogens is 1. The van der Waals surface area contributed by atoms with Gasteiger partial charge in [-0.1, -0.05) is 15.9 Å². The molecule has 0 aliphatic rings. The number of hydrogen-bond acceptors (Lipinski definition) is 4. The van der Waals surface area contributed by atoms with Crippen LogP contribution in [0.5, 0.6) is 5.75 Å². The predicted octanol–water partition coefficient (Wildman–Crippen LogP) is 0.384. The summed E-state index contributed by atoms with van der Waals surface area (Å²) in [7, 11) is -3.94. The second-order valence-electron chi connectivity index (χ2n) is 2.39. The number of nitrogens with two attached hydrogens (primary N) is 2. The van der Waals surface area contributed by atoms with Crippen molar-refractivity contribution in [1.29, 1.82) is 0 Å². The number of primary sulfonamides is 1. The molecule has 0 aromatic heterocycles. The number of aromatic hydroxyl groups is 1. The summed E-state index contributed by atoms with van der Waals surface area (Å²) >= 11 is 3.03. The lowest BCUT2D eigenvalue weighted by atomic mass is 10.3. The Morgan fingerprint density at radius 3 is 2.38 bits per heavy atom. The molecule has 1 aromatic carbocycles. The number of benzene rings is 1. The molecule has 0 amide bonds. The lowest BCUT2D eigenvalue weighted by molar-refractivity contribution is 0.461. The van der Waals surface area contributed by atoms with Crippen molar-refractivity contribution < 1.29 is 13.5 Å². The van der Waals surface area contributed by atoms with Crippen LogP contribution in [-0.4, -0.2) is 13.5 Å². The number of anilines is 1. The van der Waals surface area contributed by atoms with E-state index in [2.05, 4.69) is 15.9 Å². The number of phenolic OH excluding ortho intramolecular Hbond substituents is 1. The number of phenols is 1. The van der Waals surface area contributed by atoms with Gasteiger partial charge in [0.15, 0.2) is 5.75 Å². The maximum absolute atomic E-state index is 10.9. The fourth-order valence-corrected chi connectivity index (χ4v) is 2.12. The average molecular weight is 267 g/mol. The molecule has 0 unspecified atom stereocenters. The zero-order valence-corrected chi connectivity index (χ0v) is 8.76. The van der Waals surface area contributed by atoms with Crippen LogP contribution in [0.15, 0.2) is 21.5 Å². The molecule has 0 bridgehead atoms. The highest BCUT2D eigenvalue weighted by Gasteiger charge is 2.16. The number of sulfonamides is 1. The van der Waals surface area contributed by atoms with E-state index in [1.54, 1.807) is 0 Å². The standard InChI is InChI=1S/C6H7BrN2O3S/c7-3-1-4(8)6(10)5(2-3)13(9,11)12/h1-2,10H,8H2,(H2,9,11,12). The topological polar surface area (TPSA) is 106 Å². The summed E-state index contributed by atoms with van der Waals surface area (Å²) in [6.45, 7) is 0. The SMILES string of the molecule is Nc1cc(Br)cc(S(N)(=O)=O)c1O. The Morgan fingerprint density at radius 1 is 1.38 bits per heavy atom. The van der Waals surface area contributed by atoms with Crippen LogP contribution < -0.4 is 10.9 Å². The molecule has 7 heteroatoms. The predicted molar refractivity (Wildman–Crippen MR) is 51.6 cm³/mol. The van der Waals surface area contributed by atoms with E-state index in [4.69, 9.17) is 10.9 Å². The minimum Gasteiger partial charge on any atom is -0.504 e. The summed E-state index contributed by atoms with van der Waals surface area (Å²) in [5.41, 5.74) is 5.28. The third-order valence-electron chi connectivity index (χ3n) is 1.38. The molecular formula is C6H7BrN2O3S. The van der Waals surface area contributed by atoms with Crippen LogP contribution in [0.4, 0.5) is 5.69 Å². The van der Waals surface area contributed by atoms with Gasteiger partial charge in [-0.2, -0.15) is 0 Å². The highest BCUT2D eigenvalue weighted by atomic mass is 79.9. The Hall–Kier alpha value is -0.790. The van der Waals surface area contributed by atoms with E-state index in [-0.39, 0.29) is 10.6 Å². The second kappa shape index (κ2) is 3.17. The van der Waals surface area contributed by atoms with E-state index in [1.165, 1.54) is 12.1 Å². The van der Waals surface area contributed by atoms with Gasteiger partial charge in [0.25, 0.3) is 0 Å². The Labute approximate surface area is 83.5 Å².